The van der Waals surface area contributed by atoms with Crippen molar-refractivity contribution < 1.29 is 13.9 Å². The van der Waals surface area contributed by atoms with Crippen LogP contribution < -0.4 is 15.8 Å². The molecule has 3 N–H and O–H groups in total. The molecule has 1 saturated carbocycles. The van der Waals surface area contributed by atoms with Crippen molar-refractivity contribution in [2.75, 3.05) is 12.4 Å². The number of nitrogens with zero attached hydrogens (tertiary/aromatic N) is 3. The number of para-hydroxylation sites is 1. The molecule has 2 heterocycles. The molecule has 7 nitrogen and oxygen atoms in total. The summed E-state index contributed by atoms with van der Waals surface area (Å²) in [7, 11) is 1.56. The van der Waals surface area contributed by atoms with Crippen LogP contribution in [0.3, 0.4) is 0 Å². The fraction of sp³-hybridized carbons (Fsp3) is 0.250. The van der Waals surface area contributed by atoms with E-state index in [0.29, 0.717) is 30.0 Å². The van der Waals surface area contributed by atoms with E-state index < -0.39 is 12.1 Å². The number of carbonyl (C=O) groups is 1. The molecule has 0 aliphatic heterocycles. The van der Waals surface area contributed by atoms with E-state index in [1.807, 2.05) is 24.4 Å². The second kappa shape index (κ2) is 7.71. The van der Waals surface area contributed by atoms with Gasteiger partial charge in [-0.3, -0.25) is 9.48 Å². The van der Waals surface area contributed by atoms with Gasteiger partial charge in [-0.15, -0.1) is 0 Å². The van der Waals surface area contributed by atoms with Gasteiger partial charge in [0.05, 0.1) is 36.3 Å². The normalized spacial score (nSPS) is 18.2. The van der Waals surface area contributed by atoms with Crippen LogP contribution in [0, 0.1) is 0 Å². The van der Waals surface area contributed by atoms with E-state index >= 15 is 0 Å². The SMILES string of the molecule is COc1c(Nc2cc(Cl)ncc2C(N)=O)cccc1-c1cnn(C2CC(F)C2)c1. The molecule has 0 saturated heterocycles. The number of halogens is 2. The second-order valence-electron chi connectivity index (χ2n) is 6.86. The molecular formula is C20H19ClFN5O2. The first-order valence-corrected chi connectivity index (χ1v) is 9.42. The molecule has 150 valence electrons. The largest absolute Gasteiger partial charge is 0.494 e. The summed E-state index contributed by atoms with van der Waals surface area (Å²) in [5.41, 5.74) is 8.34. The molecule has 1 aliphatic rings. The van der Waals surface area contributed by atoms with E-state index in [1.54, 1.807) is 18.0 Å². The van der Waals surface area contributed by atoms with E-state index in [-0.39, 0.29) is 16.8 Å². The maximum atomic E-state index is 13.2. The number of ether oxygens (including phenoxy) is 1. The molecule has 2 aromatic heterocycles. The predicted octanol–water partition coefficient (Wildman–Crippen LogP) is 4.12. The van der Waals surface area contributed by atoms with Crippen LogP contribution in [0.15, 0.2) is 42.9 Å². The highest BCUT2D eigenvalue weighted by Crippen LogP contribution is 2.40. The van der Waals surface area contributed by atoms with Crippen LogP contribution in [-0.2, 0) is 0 Å². The van der Waals surface area contributed by atoms with E-state index in [1.165, 1.54) is 12.3 Å². The van der Waals surface area contributed by atoms with Crippen LogP contribution in [0.25, 0.3) is 11.1 Å². The Balaban J connectivity index is 1.69. The zero-order valence-corrected chi connectivity index (χ0v) is 16.4. The minimum atomic E-state index is -0.749. The van der Waals surface area contributed by atoms with Gasteiger partial charge in [0.1, 0.15) is 17.1 Å². The minimum absolute atomic E-state index is 0.0862. The van der Waals surface area contributed by atoms with Gasteiger partial charge in [0.15, 0.2) is 0 Å². The van der Waals surface area contributed by atoms with E-state index in [4.69, 9.17) is 22.1 Å². The average Bonchev–Trinajstić information content (AvgIpc) is 3.14. The molecule has 1 amide bonds. The number of benzene rings is 1. The van der Waals surface area contributed by atoms with Crippen molar-refractivity contribution in [2.24, 2.45) is 5.73 Å². The number of primary amides is 1. The van der Waals surface area contributed by atoms with Gasteiger partial charge in [0.2, 0.25) is 0 Å². The third-order valence-electron chi connectivity index (χ3n) is 4.97. The number of pyridine rings is 1. The van der Waals surface area contributed by atoms with Crippen LogP contribution in [0.1, 0.15) is 29.2 Å². The van der Waals surface area contributed by atoms with Gasteiger partial charge in [-0.1, -0.05) is 23.7 Å². The zero-order chi connectivity index (χ0) is 20.5. The van der Waals surface area contributed by atoms with Crippen LogP contribution in [0.2, 0.25) is 5.15 Å². The molecule has 0 bridgehead atoms. The number of methoxy groups -OCH3 is 1. The molecule has 3 aromatic rings. The number of nitrogens with two attached hydrogens (primary N) is 1. The van der Waals surface area contributed by atoms with Crippen LogP contribution >= 0.6 is 11.6 Å². The van der Waals surface area contributed by atoms with Crippen LogP contribution in [0.5, 0.6) is 5.75 Å². The Labute approximate surface area is 171 Å². The van der Waals surface area contributed by atoms with Gasteiger partial charge in [0.25, 0.3) is 5.91 Å². The highest BCUT2D eigenvalue weighted by atomic mass is 35.5. The molecule has 0 spiro atoms. The van der Waals surface area contributed by atoms with Gasteiger partial charge in [0, 0.05) is 36.4 Å². The predicted molar refractivity (Wildman–Crippen MR) is 108 cm³/mol. The van der Waals surface area contributed by atoms with Crippen molar-refractivity contribution in [3.63, 3.8) is 0 Å². The molecule has 0 radical (unpaired) electrons. The van der Waals surface area contributed by atoms with Crippen molar-refractivity contribution in [3.8, 4) is 16.9 Å². The summed E-state index contributed by atoms with van der Waals surface area (Å²) in [6.07, 6.45) is 5.16. The highest BCUT2D eigenvalue weighted by molar-refractivity contribution is 6.29. The fourth-order valence-electron chi connectivity index (χ4n) is 3.37. The summed E-state index contributed by atoms with van der Waals surface area (Å²) in [4.78, 5) is 15.6. The highest BCUT2D eigenvalue weighted by Gasteiger charge is 2.31. The lowest BCUT2D eigenvalue weighted by molar-refractivity contribution is 0.100. The van der Waals surface area contributed by atoms with Crippen molar-refractivity contribution >= 4 is 28.9 Å². The Morgan fingerprint density at radius 2 is 2.14 bits per heavy atom. The monoisotopic (exact) mass is 415 g/mol. The molecule has 0 unspecified atom stereocenters. The first kappa shape index (κ1) is 19.2. The summed E-state index contributed by atoms with van der Waals surface area (Å²) in [6, 6.07) is 7.17. The van der Waals surface area contributed by atoms with E-state index in [0.717, 1.165) is 11.1 Å². The molecule has 4 rings (SSSR count). The van der Waals surface area contributed by atoms with E-state index in [9.17, 15) is 9.18 Å². The summed E-state index contributed by atoms with van der Waals surface area (Å²) < 4.78 is 20.6. The Hall–Kier alpha value is -3.13. The molecule has 1 fully saturated rings. The topological polar surface area (TPSA) is 95.1 Å². The number of anilines is 2. The van der Waals surface area contributed by atoms with Gasteiger partial charge in [-0.2, -0.15) is 5.10 Å². The Bertz CT molecular complexity index is 1060. The number of rotatable bonds is 6. The first-order chi connectivity index (χ1) is 14.0. The standard InChI is InChI=1S/C20H19ClFN5O2/c1-29-19-14(11-8-25-27(10-11)13-5-12(22)6-13)3-2-4-16(19)26-17-7-18(21)24-9-15(17)20(23)28/h2-4,7-10,12-13H,5-6H2,1H3,(H2,23,28)(H,24,26). The number of hydrogen-bond acceptors (Lipinski definition) is 5. The quantitative estimate of drug-likeness (QED) is 0.590. The van der Waals surface area contributed by atoms with Crippen molar-refractivity contribution in [3.05, 3.63) is 53.6 Å². The second-order valence-corrected chi connectivity index (χ2v) is 7.25. The molecule has 1 aliphatic carbocycles. The Kier molecular flexibility index (Phi) is 5.10. The summed E-state index contributed by atoms with van der Waals surface area (Å²) in [5.74, 6) is -0.0629. The number of carbonyl (C=O) groups excluding carboxylic acids is 1. The molecule has 29 heavy (non-hydrogen) atoms. The summed E-state index contributed by atoms with van der Waals surface area (Å²) in [6.45, 7) is 0. The third kappa shape index (κ3) is 3.75. The summed E-state index contributed by atoms with van der Waals surface area (Å²) in [5, 5.41) is 7.75. The maximum absolute atomic E-state index is 13.2. The average molecular weight is 416 g/mol. The van der Waals surface area contributed by atoms with Crippen LogP contribution in [-0.4, -0.2) is 34.0 Å². The fourth-order valence-corrected chi connectivity index (χ4v) is 3.53. The van der Waals surface area contributed by atoms with Crippen molar-refractivity contribution in [1.82, 2.24) is 14.8 Å². The number of alkyl halides is 1. The van der Waals surface area contributed by atoms with E-state index in [2.05, 4.69) is 15.4 Å². The number of nitrogens with one attached hydrogen (secondary N) is 1. The smallest absolute Gasteiger partial charge is 0.252 e. The van der Waals surface area contributed by atoms with Gasteiger partial charge < -0.3 is 15.8 Å². The Morgan fingerprint density at radius 1 is 1.34 bits per heavy atom. The van der Waals surface area contributed by atoms with Crippen LogP contribution in [0.4, 0.5) is 15.8 Å². The molecule has 0 atom stereocenters. The minimum Gasteiger partial charge on any atom is -0.494 e. The molecule has 1 aromatic carbocycles. The van der Waals surface area contributed by atoms with Crippen molar-refractivity contribution in [1.29, 1.82) is 0 Å². The third-order valence-corrected chi connectivity index (χ3v) is 5.17. The van der Waals surface area contributed by atoms with Gasteiger partial charge in [-0.05, 0) is 12.1 Å². The molecule has 9 heteroatoms. The first-order valence-electron chi connectivity index (χ1n) is 9.04. The Morgan fingerprint density at radius 3 is 2.83 bits per heavy atom. The van der Waals surface area contributed by atoms with Gasteiger partial charge in [-0.25, -0.2) is 9.37 Å². The zero-order valence-electron chi connectivity index (χ0n) is 15.6. The maximum Gasteiger partial charge on any atom is 0.252 e. The number of hydrogen-bond donors (Lipinski definition) is 2. The van der Waals surface area contributed by atoms with Gasteiger partial charge >= 0.3 is 0 Å². The lowest BCUT2D eigenvalue weighted by Gasteiger charge is -2.29. The van der Waals surface area contributed by atoms with Crippen molar-refractivity contribution in [2.45, 2.75) is 25.1 Å². The number of amides is 1. The lowest BCUT2D eigenvalue weighted by Crippen LogP contribution is -2.28. The molecular weight excluding hydrogens is 397 g/mol. The lowest BCUT2D eigenvalue weighted by atomic mass is 9.91. The number of aromatic nitrogens is 3. The summed E-state index contributed by atoms with van der Waals surface area (Å²) >= 11 is 5.98.